The smallest absolute Gasteiger partial charge is 0.336 e. The van der Waals surface area contributed by atoms with Crippen LogP contribution in [0.1, 0.15) is 36.5 Å². The number of pyridine rings is 1. The van der Waals surface area contributed by atoms with Crippen molar-refractivity contribution in [3.05, 3.63) is 90.8 Å². The summed E-state index contributed by atoms with van der Waals surface area (Å²) in [5, 5.41) is 33.8. The summed E-state index contributed by atoms with van der Waals surface area (Å²) in [6.45, 7) is 5.51. The number of carboxylic acid groups (broad SMARTS) is 3. The van der Waals surface area contributed by atoms with E-state index < -0.39 is 36.4 Å². The Morgan fingerprint density at radius 1 is 0.951 bits per heavy atom. The third kappa shape index (κ3) is 9.74. The predicted molar refractivity (Wildman–Crippen MR) is 145 cm³/mol. The van der Waals surface area contributed by atoms with Crippen LogP contribution in [0.2, 0.25) is 0 Å². The Kier molecular flexibility index (Phi) is 11.0. The molecule has 0 aromatic carbocycles. The molecule has 4 aromatic heterocycles. The second-order valence-electron chi connectivity index (χ2n) is 9.41. The molecule has 0 saturated heterocycles. The van der Waals surface area contributed by atoms with Crippen LogP contribution in [0, 0.1) is 6.92 Å². The van der Waals surface area contributed by atoms with Gasteiger partial charge in [-0.3, -0.25) is 14.5 Å². The molecule has 0 radical (unpaired) electrons. The van der Waals surface area contributed by atoms with Crippen LogP contribution in [0.15, 0.2) is 78.0 Å². The highest BCUT2D eigenvalue weighted by molar-refractivity contribution is 5.88. The monoisotopic (exact) mass is 567 g/mol. The molecule has 13 nitrogen and oxygen atoms in total. The number of nitrogens with zero attached hydrogens (tertiary/aromatic N) is 5. The minimum absolute atomic E-state index is 0.783. The van der Waals surface area contributed by atoms with Crippen LogP contribution < -0.4 is 0 Å². The molecule has 0 aliphatic carbocycles. The van der Waals surface area contributed by atoms with Crippen molar-refractivity contribution in [2.45, 2.75) is 51.4 Å². The normalized spacial score (nSPS) is 11.2. The van der Waals surface area contributed by atoms with E-state index in [0.717, 1.165) is 49.9 Å². The largest absolute Gasteiger partial charge is 0.481 e. The summed E-state index contributed by atoms with van der Waals surface area (Å²) in [4.78, 5) is 41.5. The van der Waals surface area contributed by atoms with Crippen molar-refractivity contribution in [1.29, 1.82) is 0 Å². The molecule has 0 atom stereocenters. The number of imidazole rings is 1. The number of aromatic nitrogens is 4. The van der Waals surface area contributed by atoms with E-state index in [1.165, 1.54) is 5.69 Å². The van der Waals surface area contributed by atoms with Crippen molar-refractivity contribution in [2.24, 2.45) is 0 Å². The lowest BCUT2D eigenvalue weighted by molar-refractivity contribution is -0.170. The lowest BCUT2D eigenvalue weighted by atomic mass is 9.96. The molecule has 0 bridgehead atoms. The lowest BCUT2D eigenvalue weighted by Gasteiger charge is -2.22. The van der Waals surface area contributed by atoms with Gasteiger partial charge in [0.15, 0.2) is 5.60 Å². The number of aliphatic hydroxyl groups is 1. The molecular weight excluding hydrogens is 534 g/mol. The Morgan fingerprint density at radius 3 is 2.27 bits per heavy atom. The third-order valence-electron chi connectivity index (χ3n) is 6.03. The summed E-state index contributed by atoms with van der Waals surface area (Å²) in [6, 6.07) is 14.3. The lowest BCUT2D eigenvalue weighted by Crippen LogP contribution is -2.42. The maximum Gasteiger partial charge on any atom is 0.336 e. The average Bonchev–Trinajstić information content (AvgIpc) is 3.67. The molecule has 218 valence electrons. The number of hydrogen-bond acceptors (Lipinski definition) is 8. The van der Waals surface area contributed by atoms with Crippen LogP contribution in [-0.4, -0.2) is 74.5 Å². The Hall–Kier alpha value is -4.75. The van der Waals surface area contributed by atoms with E-state index in [4.69, 9.17) is 24.8 Å². The van der Waals surface area contributed by atoms with Crippen LogP contribution in [0.25, 0.3) is 5.82 Å². The van der Waals surface area contributed by atoms with Gasteiger partial charge in [-0.1, -0.05) is 6.07 Å². The number of rotatable bonds is 14. The third-order valence-corrected chi connectivity index (χ3v) is 6.03. The summed E-state index contributed by atoms with van der Waals surface area (Å²) in [5.41, 5.74) is -1.53. The Balaban J connectivity index is 0.000000302. The molecule has 4 heterocycles. The molecule has 0 fully saturated rings. The maximum atomic E-state index is 10.3. The molecule has 0 saturated carbocycles. The first-order chi connectivity index (χ1) is 19.6. The van der Waals surface area contributed by atoms with Gasteiger partial charge in [-0.05, 0) is 49.7 Å². The van der Waals surface area contributed by atoms with Crippen molar-refractivity contribution in [3.63, 3.8) is 0 Å². The summed E-state index contributed by atoms with van der Waals surface area (Å²) in [7, 11) is 0. The van der Waals surface area contributed by atoms with Gasteiger partial charge in [-0.2, -0.15) is 0 Å². The zero-order valence-electron chi connectivity index (χ0n) is 22.5. The highest BCUT2D eigenvalue weighted by atomic mass is 16.4. The van der Waals surface area contributed by atoms with Gasteiger partial charge in [0, 0.05) is 50.1 Å². The fourth-order valence-electron chi connectivity index (χ4n) is 4.11. The van der Waals surface area contributed by atoms with Crippen molar-refractivity contribution in [1.82, 2.24) is 24.0 Å². The predicted octanol–water partition coefficient (Wildman–Crippen LogP) is 2.81. The summed E-state index contributed by atoms with van der Waals surface area (Å²) >= 11 is 0. The van der Waals surface area contributed by atoms with Crippen LogP contribution in [0.4, 0.5) is 0 Å². The number of carbonyl (C=O) groups is 3. The number of hydrogen-bond donors (Lipinski definition) is 4. The van der Waals surface area contributed by atoms with Gasteiger partial charge in [0.05, 0.1) is 25.7 Å². The van der Waals surface area contributed by atoms with Crippen molar-refractivity contribution in [3.8, 4) is 5.82 Å². The maximum absolute atomic E-state index is 10.3. The minimum Gasteiger partial charge on any atom is -0.481 e. The van der Waals surface area contributed by atoms with E-state index in [1.807, 2.05) is 56.1 Å². The second kappa shape index (κ2) is 14.6. The second-order valence-corrected chi connectivity index (χ2v) is 9.41. The first-order valence-corrected chi connectivity index (χ1v) is 12.8. The molecule has 0 amide bonds. The molecule has 41 heavy (non-hydrogen) atoms. The van der Waals surface area contributed by atoms with Gasteiger partial charge >= 0.3 is 17.9 Å². The van der Waals surface area contributed by atoms with Crippen molar-refractivity contribution in [2.75, 3.05) is 6.54 Å². The number of carboxylic acids is 3. The SMILES string of the molecule is Cc1ccc(CN(CCCn2ccnc2)Cc2cccn2-c2ccccn2)o1.O=C(O)CC(O)(CC(=O)O)C(=O)O. The van der Waals surface area contributed by atoms with Crippen molar-refractivity contribution < 1.29 is 39.2 Å². The van der Waals surface area contributed by atoms with Gasteiger partial charge in [0.2, 0.25) is 0 Å². The first-order valence-electron chi connectivity index (χ1n) is 12.8. The van der Waals surface area contributed by atoms with Crippen LogP contribution in [0.3, 0.4) is 0 Å². The molecular formula is C28H33N5O8. The highest BCUT2D eigenvalue weighted by Crippen LogP contribution is 2.17. The zero-order chi connectivity index (χ0) is 29.8. The standard InChI is InChI=1S/C22H25N5O.C6H8O7/c1-19-8-9-21(28-19)17-26(13-5-12-25-15-11-23-18-25)16-20-6-4-14-27(20)22-7-2-3-10-24-22;7-3(8)1-6(13,5(11)12)2-4(9)10/h2-4,6-11,14-15,18H,5,12-13,16-17H2,1H3;13H,1-2H2,(H,7,8)(H,9,10)(H,11,12). The summed E-state index contributed by atoms with van der Waals surface area (Å²) in [6.07, 6.45) is 8.34. The molecule has 0 unspecified atom stereocenters. The van der Waals surface area contributed by atoms with Gasteiger partial charge in [-0.15, -0.1) is 0 Å². The Bertz CT molecular complexity index is 1380. The summed E-state index contributed by atoms with van der Waals surface area (Å²) in [5.74, 6) is -2.13. The highest BCUT2D eigenvalue weighted by Gasteiger charge is 2.40. The van der Waals surface area contributed by atoms with E-state index >= 15 is 0 Å². The van der Waals surface area contributed by atoms with E-state index in [0.29, 0.717) is 0 Å². The zero-order valence-corrected chi connectivity index (χ0v) is 22.5. The van der Waals surface area contributed by atoms with Crippen molar-refractivity contribution >= 4 is 17.9 Å². The van der Waals surface area contributed by atoms with Gasteiger partial charge in [0.1, 0.15) is 17.3 Å². The fraction of sp³-hybridized carbons (Fsp3) is 0.321. The topological polar surface area (TPSA) is 184 Å². The molecule has 13 heteroatoms. The molecule has 4 N–H and O–H groups in total. The molecule has 4 aromatic rings. The van der Waals surface area contributed by atoms with E-state index in [2.05, 4.69) is 48.4 Å². The number of furan rings is 1. The van der Waals surface area contributed by atoms with E-state index in [9.17, 15) is 14.4 Å². The van der Waals surface area contributed by atoms with E-state index in [-0.39, 0.29) is 0 Å². The van der Waals surface area contributed by atoms with Crippen LogP contribution in [0.5, 0.6) is 0 Å². The molecule has 4 rings (SSSR count). The van der Waals surface area contributed by atoms with Gasteiger partial charge in [-0.25, -0.2) is 14.8 Å². The first kappa shape index (κ1) is 30.8. The fourth-order valence-corrected chi connectivity index (χ4v) is 4.11. The summed E-state index contributed by atoms with van der Waals surface area (Å²) < 4.78 is 10.1. The van der Waals surface area contributed by atoms with Crippen LogP contribution >= 0.6 is 0 Å². The minimum atomic E-state index is -2.74. The van der Waals surface area contributed by atoms with Crippen LogP contribution in [-0.2, 0) is 34.0 Å². The van der Waals surface area contributed by atoms with E-state index in [1.54, 1.807) is 0 Å². The molecule has 0 aliphatic rings. The number of aliphatic carboxylic acids is 3. The van der Waals surface area contributed by atoms with Gasteiger partial charge in [0.25, 0.3) is 0 Å². The molecule has 0 spiro atoms. The van der Waals surface area contributed by atoms with Gasteiger partial charge < -0.3 is 34.0 Å². The Labute approximate surface area is 235 Å². The Morgan fingerprint density at radius 2 is 1.71 bits per heavy atom. The molecule has 0 aliphatic heterocycles. The average molecular weight is 568 g/mol. The quantitative estimate of drug-likeness (QED) is 0.176. The number of aryl methyl sites for hydroxylation is 2.